The fourth-order valence-electron chi connectivity index (χ4n) is 3.58. The zero-order chi connectivity index (χ0) is 12.8. The van der Waals surface area contributed by atoms with Crippen LogP contribution >= 0.6 is 0 Å². The molecule has 2 aliphatic carbocycles. The van der Waals surface area contributed by atoms with Gasteiger partial charge in [-0.2, -0.15) is 0 Å². The molecule has 0 bridgehead atoms. The molecule has 2 aliphatic rings. The Labute approximate surface area is 114 Å². The predicted molar refractivity (Wildman–Crippen MR) is 79.8 cm³/mol. The molecular weight excluding hydrogens is 218 g/mol. The van der Waals surface area contributed by atoms with Crippen molar-refractivity contribution in [1.82, 2.24) is 5.32 Å². The third-order valence-electron chi connectivity index (χ3n) is 5.65. The second-order valence-corrected chi connectivity index (χ2v) is 6.90. The molecule has 2 fully saturated rings. The van der Waals surface area contributed by atoms with Crippen LogP contribution in [0.5, 0.6) is 0 Å². The van der Waals surface area contributed by atoms with E-state index in [0.717, 1.165) is 12.0 Å². The van der Waals surface area contributed by atoms with Crippen LogP contribution in [0.2, 0.25) is 0 Å². The van der Waals surface area contributed by atoms with Gasteiger partial charge in [0, 0.05) is 12.6 Å². The second kappa shape index (κ2) is 6.93. The van der Waals surface area contributed by atoms with Crippen LogP contribution in [0.25, 0.3) is 0 Å². The highest BCUT2D eigenvalue weighted by Crippen LogP contribution is 2.37. The first-order valence-electron chi connectivity index (χ1n) is 8.51. The lowest BCUT2D eigenvalue weighted by atomic mass is 9.74. The monoisotopic (exact) mass is 251 g/mol. The molecule has 1 nitrogen and oxygen atoms in total. The molecule has 1 N–H and O–H groups in total. The lowest BCUT2D eigenvalue weighted by Crippen LogP contribution is -2.35. The molecule has 0 spiro atoms. The Kier molecular flexibility index (Phi) is 5.54. The molecule has 0 aromatic heterocycles. The normalized spacial score (nSPS) is 22.3. The summed E-state index contributed by atoms with van der Waals surface area (Å²) in [5.41, 5.74) is 0.597. The summed E-state index contributed by atoms with van der Waals surface area (Å²) in [5, 5.41) is 3.79. The molecule has 0 aromatic rings. The van der Waals surface area contributed by atoms with E-state index >= 15 is 0 Å². The van der Waals surface area contributed by atoms with Crippen molar-refractivity contribution < 1.29 is 0 Å². The lowest BCUT2D eigenvalue weighted by Gasteiger charge is -2.34. The first kappa shape index (κ1) is 14.4. The Hall–Kier alpha value is -0.0400. The minimum Gasteiger partial charge on any atom is -0.313 e. The first-order chi connectivity index (χ1) is 8.78. The standard InChI is InChI=1S/C17H33N/c1-3-17(4-2,14-18-16-10-11-16)13-12-15-8-6-5-7-9-15/h15-16,18H,3-14H2,1-2H3. The highest BCUT2D eigenvalue weighted by atomic mass is 15.0. The Bertz CT molecular complexity index is 222. The molecule has 2 saturated carbocycles. The number of nitrogens with one attached hydrogen (secondary N) is 1. The fraction of sp³-hybridized carbons (Fsp3) is 1.00. The van der Waals surface area contributed by atoms with E-state index in [9.17, 15) is 0 Å². The number of hydrogen-bond donors (Lipinski definition) is 1. The van der Waals surface area contributed by atoms with Gasteiger partial charge in [0.25, 0.3) is 0 Å². The van der Waals surface area contributed by atoms with Crippen molar-refractivity contribution in [3.05, 3.63) is 0 Å². The summed E-state index contributed by atoms with van der Waals surface area (Å²) < 4.78 is 0. The zero-order valence-corrected chi connectivity index (χ0v) is 12.6. The lowest BCUT2D eigenvalue weighted by molar-refractivity contribution is 0.193. The molecule has 0 radical (unpaired) electrons. The largest absolute Gasteiger partial charge is 0.313 e. The molecule has 1 heteroatoms. The molecule has 0 aromatic carbocycles. The van der Waals surface area contributed by atoms with Crippen molar-refractivity contribution in [3.8, 4) is 0 Å². The predicted octanol–water partition coefficient (Wildman–Crippen LogP) is 4.91. The van der Waals surface area contributed by atoms with Crippen LogP contribution in [0.15, 0.2) is 0 Å². The van der Waals surface area contributed by atoms with Crippen LogP contribution in [-0.2, 0) is 0 Å². The van der Waals surface area contributed by atoms with Gasteiger partial charge in [-0.05, 0) is 49.9 Å². The molecule has 0 aliphatic heterocycles. The molecule has 2 rings (SSSR count). The maximum absolute atomic E-state index is 3.79. The topological polar surface area (TPSA) is 12.0 Å². The molecule has 0 atom stereocenters. The van der Waals surface area contributed by atoms with Crippen LogP contribution in [0.3, 0.4) is 0 Å². The molecule has 106 valence electrons. The van der Waals surface area contributed by atoms with Gasteiger partial charge in [-0.25, -0.2) is 0 Å². The molecular formula is C17H33N. The van der Waals surface area contributed by atoms with E-state index in [1.165, 1.54) is 77.2 Å². The van der Waals surface area contributed by atoms with Gasteiger partial charge in [-0.15, -0.1) is 0 Å². The average molecular weight is 251 g/mol. The third-order valence-corrected chi connectivity index (χ3v) is 5.65. The summed E-state index contributed by atoms with van der Waals surface area (Å²) >= 11 is 0. The van der Waals surface area contributed by atoms with E-state index in [1.807, 2.05) is 0 Å². The van der Waals surface area contributed by atoms with Crippen molar-refractivity contribution in [2.45, 2.75) is 90.5 Å². The SMILES string of the molecule is CCC(CC)(CCC1CCCCC1)CNC1CC1. The van der Waals surface area contributed by atoms with Gasteiger partial charge in [-0.3, -0.25) is 0 Å². The van der Waals surface area contributed by atoms with E-state index in [1.54, 1.807) is 0 Å². The third kappa shape index (κ3) is 4.26. The minimum absolute atomic E-state index is 0.597. The van der Waals surface area contributed by atoms with E-state index < -0.39 is 0 Å². The van der Waals surface area contributed by atoms with E-state index in [4.69, 9.17) is 0 Å². The van der Waals surface area contributed by atoms with Gasteiger partial charge in [0.15, 0.2) is 0 Å². The molecule has 0 heterocycles. The Morgan fingerprint density at radius 2 is 1.61 bits per heavy atom. The first-order valence-corrected chi connectivity index (χ1v) is 8.51. The summed E-state index contributed by atoms with van der Waals surface area (Å²) in [7, 11) is 0. The summed E-state index contributed by atoms with van der Waals surface area (Å²) in [6, 6.07) is 0.872. The smallest absolute Gasteiger partial charge is 0.00684 e. The number of hydrogen-bond acceptors (Lipinski definition) is 1. The minimum atomic E-state index is 0.597. The van der Waals surface area contributed by atoms with Crippen LogP contribution in [0.4, 0.5) is 0 Å². The van der Waals surface area contributed by atoms with Gasteiger partial charge in [0.2, 0.25) is 0 Å². The van der Waals surface area contributed by atoms with Crippen molar-refractivity contribution in [2.24, 2.45) is 11.3 Å². The average Bonchev–Trinajstić information content (AvgIpc) is 3.25. The zero-order valence-electron chi connectivity index (χ0n) is 12.6. The summed E-state index contributed by atoms with van der Waals surface area (Å²) in [5.74, 6) is 1.05. The molecule has 0 amide bonds. The quantitative estimate of drug-likeness (QED) is 0.646. The fourth-order valence-corrected chi connectivity index (χ4v) is 3.58. The Balaban J connectivity index is 1.75. The second-order valence-electron chi connectivity index (χ2n) is 6.90. The van der Waals surface area contributed by atoms with Gasteiger partial charge < -0.3 is 5.32 Å². The maximum atomic E-state index is 3.79. The highest BCUT2D eigenvalue weighted by Gasteiger charge is 2.30. The van der Waals surface area contributed by atoms with Gasteiger partial charge in [-0.1, -0.05) is 46.0 Å². The van der Waals surface area contributed by atoms with Crippen molar-refractivity contribution in [2.75, 3.05) is 6.54 Å². The molecule has 18 heavy (non-hydrogen) atoms. The van der Waals surface area contributed by atoms with E-state index in [-0.39, 0.29) is 0 Å². The summed E-state index contributed by atoms with van der Waals surface area (Å²) in [4.78, 5) is 0. The van der Waals surface area contributed by atoms with Gasteiger partial charge >= 0.3 is 0 Å². The Morgan fingerprint density at radius 1 is 0.944 bits per heavy atom. The van der Waals surface area contributed by atoms with Gasteiger partial charge in [0.05, 0.1) is 0 Å². The molecule has 0 unspecified atom stereocenters. The van der Waals surface area contributed by atoms with Gasteiger partial charge in [0.1, 0.15) is 0 Å². The van der Waals surface area contributed by atoms with E-state index in [0.29, 0.717) is 5.41 Å². The Morgan fingerprint density at radius 3 is 2.17 bits per heavy atom. The van der Waals surface area contributed by atoms with Crippen LogP contribution in [0.1, 0.15) is 84.5 Å². The summed E-state index contributed by atoms with van der Waals surface area (Å²) in [6.07, 6.45) is 16.0. The highest BCUT2D eigenvalue weighted by molar-refractivity contribution is 4.87. The van der Waals surface area contributed by atoms with Crippen LogP contribution in [0, 0.1) is 11.3 Å². The van der Waals surface area contributed by atoms with Crippen LogP contribution < -0.4 is 5.32 Å². The van der Waals surface area contributed by atoms with E-state index in [2.05, 4.69) is 19.2 Å². The van der Waals surface area contributed by atoms with Crippen LogP contribution in [-0.4, -0.2) is 12.6 Å². The van der Waals surface area contributed by atoms with Crippen molar-refractivity contribution >= 4 is 0 Å². The maximum Gasteiger partial charge on any atom is 0.00684 e. The summed E-state index contributed by atoms with van der Waals surface area (Å²) in [6.45, 7) is 6.08. The number of rotatable bonds is 8. The van der Waals surface area contributed by atoms with Crippen molar-refractivity contribution in [1.29, 1.82) is 0 Å². The molecule has 0 saturated heterocycles. The van der Waals surface area contributed by atoms with Crippen molar-refractivity contribution in [3.63, 3.8) is 0 Å².